The summed E-state index contributed by atoms with van der Waals surface area (Å²) in [6.45, 7) is 5.15. The van der Waals surface area contributed by atoms with E-state index in [1.54, 1.807) is 26.1 Å². The number of ether oxygens (including phenoxy) is 1. The molecular weight excluding hydrogens is 312 g/mol. The van der Waals surface area contributed by atoms with Crippen LogP contribution in [0.15, 0.2) is 29.3 Å². The monoisotopic (exact) mass is 328 g/mol. The summed E-state index contributed by atoms with van der Waals surface area (Å²) in [5, 5.41) is 11.2. The summed E-state index contributed by atoms with van der Waals surface area (Å²) >= 11 is 0. The first-order valence-corrected chi connectivity index (χ1v) is 7.39. The molecule has 0 N–H and O–H groups in total. The summed E-state index contributed by atoms with van der Waals surface area (Å²) in [5.74, 6) is -0.443. The van der Waals surface area contributed by atoms with Crippen LogP contribution in [0.1, 0.15) is 19.4 Å². The standard InChI is InChI=1S/C15H16N6O3/c1-9(2)15(23)24-8-21-13(17-18-19-21)11-7-16-12-10(3)5-4-6-20(12)14(11)22/h4-7,9H,8H2,1-3H3. The van der Waals surface area contributed by atoms with E-state index in [4.69, 9.17) is 4.74 Å². The zero-order valence-electron chi connectivity index (χ0n) is 13.5. The highest BCUT2D eigenvalue weighted by molar-refractivity contribution is 5.71. The molecule has 0 aliphatic carbocycles. The van der Waals surface area contributed by atoms with Gasteiger partial charge >= 0.3 is 5.97 Å². The maximum absolute atomic E-state index is 12.7. The van der Waals surface area contributed by atoms with Crippen molar-refractivity contribution in [3.05, 3.63) is 40.4 Å². The van der Waals surface area contributed by atoms with Crippen molar-refractivity contribution < 1.29 is 9.53 Å². The molecule has 0 unspecified atom stereocenters. The third kappa shape index (κ3) is 2.75. The summed E-state index contributed by atoms with van der Waals surface area (Å²) in [7, 11) is 0. The van der Waals surface area contributed by atoms with E-state index in [9.17, 15) is 9.59 Å². The van der Waals surface area contributed by atoms with Gasteiger partial charge in [0.05, 0.1) is 5.92 Å². The molecule has 0 aromatic carbocycles. The van der Waals surface area contributed by atoms with Crippen molar-refractivity contribution >= 4 is 11.6 Å². The molecular formula is C15H16N6O3. The van der Waals surface area contributed by atoms with E-state index in [1.165, 1.54) is 15.3 Å². The molecule has 9 heteroatoms. The Balaban J connectivity index is 2.00. The zero-order chi connectivity index (χ0) is 17.3. The highest BCUT2D eigenvalue weighted by Gasteiger charge is 2.17. The van der Waals surface area contributed by atoms with Crippen LogP contribution in [-0.2, 0) is 16.3 Å². The number of pyridine rings is 1. The van der Waals surface area contributed by atoms with Crippen LogP contribution in [0.3, 0.4) is 0 Å². The molecule has 0 spiro atoms. The number of carbonyl (C=O) groups is 1. The lowest BCUT2D eigenvalue weighted by Gasteiger charge is -2.08. The molecule has 3 aromatic rings. The van der Waals surface area contributed by atoms with Gasteiger partial charge < -0.3 is 4.74 Å². The average molecular weight is 328 g/mol. The van der Waals surface area contributed by atoms with Crippen LogP contribution in [0.2, 0.25) is 0 Å². The molecule has 3 heterocycles. The van der Waals surface area contributed by atoms with Crippen LogP contribution < -0.4 is 5.56 Å². The summed E-state index contributed by atoms with van der Waals surface area (Å²) < 4.78 is 7.79. The number of carbonyl (C=O) groups excluding carboxylic acids is 1. The Hall–Kier alpha value is -3.10. The largest absolute Gasteiger partial charge is 0.442 e. The minimum Gasteiger partial charge on any atom is -0.442 e. The Bertz CT molecular complexity index is 959. The highest BCUT2D eigenvalue weighted by atomic mass is 16.5. The Morgan fingerprint density at radius 2 is 2.17 bits per heavy atom. The number of hydrogen-bond donors (Lipinski definition) is 0. The van der Waals surface area contributed by atoms with Crippen molar-refractivity contribution in [1.29, 1.82) is 0 Å². The van der Waals surface area contributed by atoms with Gasteiger partial charge in [-0.05, 0) is 29.0 Å². The van der Waals surface area contributed by atoms with Crippen molar-refractivity contribution in [2.75, 3.05) is 0 Å². The number of tetrazole rings is 1. The van der Waals surface area contributed by atoms with Crippen LogP contribution in [0.25, 0.3) is 17.0 Å². The highest BCUT2D eigenvalue weighted by Crippen LogP contribution is 2.12. The summed E-state index contributed by atoms with van der Waals surface area (Å²) in [4.78, 5) is 28.6. The van der Waals surface area contributed by atoms with Crippen molar-refractivity contribution in [1.82, 2.24) is 29.6 Å². The topological polar surface area (TPSA) is 104 Å². The van der Waals surface area contributed by atoms with Crippen LogP contribution >= 0.6 is 0 Å². The molecule has 0 radical (unpaired) electrons. The van der Waals surface area contributed by atoms with Crippen molar-refractivity contribution in [3.8, 4) is 11.4 Å². The lowest BCUT2D eigenvalue weighted by atomic mass is 10.2. The molecule has 0 aliphatic heterocycles. The second-order valence-corrected chi connectivity index (χ2v) is 5.61. The Labute approximate surface area is 136 Å². The van der Waals surface area contributed by atoms with Gasteiger partial charge in [-0.15, -0.1) is 5.10 Å². The smallest absolute Gasteiger partial charge is 0.310 e. The molecule has 0 atom stereocenters. The number of hydrogen-bond acceptors (Lipinski definition) is 7. The van der Waals surface area contributed by atoms with E-state index in [0.29, 0.717) is 5.65 Å². The number of aryl methyl sites for hydroxylation is 1. The fraction of sp³-hybridized carbons (Fsp3) is 0.333. The first-order valence-electron chi connectivity index (χ1n) is 7.39. The van der Waals surface area contributed by atoms with Gasteiger partial charge in [0.1, 0.15) is 11.2 Å². The van der Waals surface area contributed by atoms with Crippen LogP contribution in [0.4, 0.5) is 0 Å². The van der Waals surface area contributed by atoms with Crippen LogP contribution in [-0.4, -0.2) is 35.6 Å². The van der Waals surface area contributed by atoms with Crippen molar-refractivity contribution in [2.24, 2.45) is 5.92 Å². The first-order chi connectivity index (χ1) is 11.5. The predicted octanol–water partition coefficient (Wildman–Crippen LogP) is 0.813. The van der Waals surface area contributed by atoms with Gasteiger partial charge in [-0.1, -0.05) is 19.9 Å². The molecule has 0 bridgehead atoms. The van der Waals surface area contributed by atoms with Crippen LogP contribution in [0, 0.1) is 12.8 Å². The summed E-state index contributed by atoms with van der Waals surface area (Å²) in [6.07, 6.45) is 3.06. The van der Waals surface area contributed by atoms with Crippen LogP contribution in [0.5, 0.6) is 0 Å². The molecule has 0 aliphatic rings. The predicted molar refractivity (Wildman–Crippen MR) is 83.9 cm³/mol. The van der Waals surface area contributed by atoms with E-state index in [-0.39, 0.29) is 35.6 Å². The second-order valence-electron chi connectivity index (χ2n) is 5.61. The molecule has 3 rings (SSSR count). The van der Waals surface area contributed by atoms with Gasteiger partial charge in [0.2, 0.25) is 0 Å². The number of nitrogens with zero attached hydrogens (tertiary/aromatic N) is 6. The third-order valence-corrected chi connectivity index (χ3v) is 3.50. The number of aromatic nitrogens is 6. The van der Waals surface area contributed by atoms with E-state index in [0.717, 1.165) is 5.56 Å². The number of rotatable bonds is 4. The summed E-state index contributed by atoms with van der Waals surface area (Å²) in [5.41, 5.74) is 1.38. The average Bonchev–Trinajstić information content (AvgIpc) is 3.02. The van der Waals surface area contributed by atoms with E-state index in [1.807, 2.05) is 13.0 Å². The molecule has 9 nitrogen and oxygen atoms in total. The molecule has 0 fully saturated rings. The maximum Gasteiger partial charge on any atom is 0.310 e. The van der Waals surface area contributed by atoms with E-state index in [2.05, 4.69) is 20.5 Å². The second kappa shape index (κ2) is 6.19. The zero-order valence-corrected chi connectivity index (χ0v) is 13.5. The molecule has 0 saturated heterocycles. The van der Waals surface area contributed by atoms with Gasteiger partial charge in [0.15, 0.2) is 12.6 Å². The van der Waals surface area contributed by atoms with Gasteiger partial charge in [-0.25, -0.2) is 4.98 Å². The number of esters is 1. The molecule has 3 aromatic heterocycles. The minimum atomic E-state index is -0.375. The Morgan fingerprint density at radius 3 is 2.92 bits per heavy atom. The molecule has 0 saturated carbocycles. The lowest BCUT2D eigenvalue weighted by Crippen LogP contribution is -2.20. The van der Waals surface area contributed by atoms with Gasteiger partial charge in [-0.3, -0.25) is 14.0 Å². The van der Waals surface area contributed by atoms with Crippen molar-refractivity contribution in [3.63, 3.8) is 0 Å². The lowest BCUT2D eigenvalue weighted by molar-refractivity contribution is -0.151. The van der Waals surface area contributed by atoms with E-state index < -0.39 is 0 Å². The normalized spacial score (nSPS) is 11.2. The third-order valence-electron chi connectivity index (χ3n) is 3.50. The maximum atomic E-state index is 12.7. The van der Waals surface area contributed by atoms with E-state index >= 15 is 0 Å². The Morgan fingerprint density at radius 1 is 1.38 bits per heavy atom. The fourth-order valence-corrected chi connectivity index (χ4v) is 2.18. The van der Waals surface area contributed by atoms with Crippen molar-refractivity contribution in [2.45, 2.75) is 27.5 Å². The fourth-order valence-electron chi connectivity index (χ4n) is 2.18. The van der Waals surface area contributed by atoms with Gasteiger partial charge in [0.25, 0.3) is 5.56 Å². The molecule has 0 amide bonds. The summed E-state index contributed by atoms with van der Waals surface area (Å²) in [6, 6.07) is 3.64. The molecule has 24 heavy (non-hydrogen) atoms. The molecule has 124 valence electrons. The quantitative estimate of drug-likeness (QED) is 0.653. The Kier molecular flexibility index (Phi) is 4.07. The minimum absolute atomic E-state index is 0.171. The first kappa shape index (κ1) is 15.8. The van der Waals surface area contributed by atoms with Gasteiger partial charge in [-0.2, -0.15) is 4.68 Å². The number of fused-ring (bicyclic) bond motifs is 1. The van der Waals surface area contributed by atoms with Gasteiger partial charge in [0, 0.05) is 12.4 Å². The SMILES string of the molecule is Cc1cccn2c(=O)c(-c3nnnn3COC(=O)C(C)C)cnc12.